The zero-order valence-corrected chi connectivity index (χ0v) is 16.5. The third-order valence-corrected chi connectivity index (χ3v) is 4.76. The van der Waals surface area contributed by atoms with Crippen molar-refractivity contribution >= 4 is 17.5 Å². The van der Waals surface area contributed by atoms with Crippen LogP contribution in [0.4, 0.5) is 4.39 Å². The van der Waals surface area contributed by atoms with Crippen molar-refractivity contribution in [3.05, 3.63) is 59.8 Å². The summed E-state index contributed by atoms with van der Waals surface area (Å²) in [5.74, 6) is -0.188. The van der Waals surface area contributed by atoms with Crippen LogP contribution in [0.15, 0.2) is 52.2 Å². The van der Waals surface area contributed by atoms with Gasteiger partial charge in [0.25, 0.3) is 5.91 Å². The summed E-state index contributed by atoms with van der Waals surface area (Å²) in [7, 11) is 1.54. The van der Waals surface area contributed by atoms with Crippen molar-refractivity contribution in [3.8, 4) is 0 Å². The van der Waals surface area contributed by atoms with E-state index in [2.05, 4.69) is 5.10 Å². The molecule has 0 unspecified atom stereocenters. The topological polar surface area (TPSA) is 75.3 Å². The molecule has 1 aliphatic heterocycles. The third kappa shape index (κ3) is 4.89. The van der Waals surface area contributed by atoms with Crippen molar-refractivity contribution < 1.29 is 23.1 Å². The van der Waals surface area contributed by atoms with Crippen LogP contribution in [0.5, 0.6) is 0 Å². The standard InChI is InChI=1S/C21H24FN3O4/c1-3-20(26)24(10-12-28-2)14-21(27)25-18(19-5-4-11-29-19)13-17(23-25)15-6-8-16(22)9-7-15/h4-9,11,18H,3,10,12-14H2,1-2H3/t18-/m1/s1. The lowest BCUT2D eigenvalue weighted by Crippen LogP contribution is -2.42. The van der Waals surface area contributed by atoms with Gasteiger partial charge in [0.05, 0.1) is 18.6 Å². The van der Waals surface area contributed by atoms with Crippen LogP contribution < -0.4 is 0 Å². The SMILES string of the molecule is CCC(=O)N(CCOC)CC(=O)N1N=C(c2ccc(F)cc2)C[C@@H]1c1ccco1. The summed E-state index contributed by atoms with van der Waals surface area (Å²) in [5.41, 5.74) is 1.39. The van der Waals surface area contributed by atoms with Gasteiger partial charge in [0.15, 0.2) is 0 Å². The monoisotopic (exact) mass is 401 g/mol. The number of carbonyl (C=O) groups is 2. The molecule has 0 N–H and O–H groups in total. The molecule has 0 fully saturated rings. The first-order chi connectivity index (χ1) is 14.0. The van der Waals surface area contributed by atoms with E-state index in [9.17, 15) is 14.0 Å². The zero-order chi connectivity index (χ0) is 20.8. The first kappa shape index (κ1) is 20.7. The van der Waals surface area contributed by atoms with Crippen LogP contribution in [-0.2, 0) is 14.3 Å². The average Bonchev–Trinajstić information content (AvgIpc) is 3.40. The molecule has 2 heterocycles. The zero-order valence-electron chi connectivity index (χ0n) is 16.5. The molecular formula is C21H24FN3O4. The Balaban J connectivity index is 1.84. The van der Waals surface area contributed by atoms with E-state index in [1.54, 1.807) is 44.6 Å². The van der Waals surface area contributed by atoms with Crippen LogP contribution in [0.25, 0.3) is 0 Å². The molecule has 7 nitrogen and oxygen atoms in total. The predicted molar refractivity (Wildman–Crippen MR) is 105 cm³/mol. The number of hydrogen-bond donors (Lipinski definition) is 0. The maximum Gasteiger partial charge on any atom is 0.262 e. The number of halogens is 1. The normalized spacial score (nSPS) is 16.0. The van der Waals surface area contributed by atoms with Crippen molar-refractivity contribution in [2.24, 2.45) is 5.10 Å². The highest BCUT2D eigenvalue weighted by molar-refractivity contribution is 6.03. The largest absolute Gasteiger partial charge is 0.467 e. The highest BCUT2D eigenvalue weighted by Crippen LogP contribution is 2.33. The van der Waals surface area contributed by atoms with Crippen LogP contribution in [0.1, 0.15) is 37.1 Å². The van der Waals surface area contributed by atoms with Gasteiger partial charge in [-0.15, -0.1) is 0 Å². The van der Waals surface area contributed by atoms with Gasteiger partial charge in [-0.2, -0.15) is 5.10 Å². The number of benzene rings is 1. The molecule has 2 aromatic rings. The van der Waals surface area contributed by atoms with Crippen LogP contribution >= 0.6 is 0 Å². The van der Waals surface area contributed by atoms with Gasteiger partial charge in [-0.25, -0.2) is 9.40 Å². The molecule has 0 saturated heterocycles. The summed E-state index contributed by atoms with van der Waals surface area (Å²) in [6.45, 7) is 2.31. The minimum atomic E-state index is -0.418. The summed E-state index contributed by atoms with van der Waals surface area (Å²) in [4.78, 5) is 26.7. The van der Waals surface area contributed by atoms with E-state index < -0.39 is 6.04 Å². The first-order valence-corrected chi connectivity index (χ1v) is 9.49. The Kier molecular flexibility index (Phi) is 6.77. The van der Waals surface area contributed by atoms with Crippen LogP contribution in [0, 0.1) is 5.82 Å². The van der Waals surface area contributed by atoms with Crippen LogP contribution in [0.3, 0.4) is 0 Å². The number of nitrogens with zero attached hydrogens (tertiary/aromatic N) is 3. The van der Waals surface area contributed by atoms with Gasteiger partial charge in [0, 0.05) is 26.5 Å². The van der Waals surface area contributed by atoms with Gasteiger partial charge in [0.2, 0.25) is 5.91 Å². The molecule has 0 bridgehead atoms. The molecular weight excluding hydrogens is 377 g/mol. The number of rotatable bonds is 8. The second-order valence-electron chi connectivity index (χ2n) is 6.69. The van der Waals surface area contributed by atoms with Crippen molar-refractivity contribution in [2.75, 3.05) is 26.8 Å². The molecule has 29 heavy (non-hydrogen) atoms. The molecule has 0 radical (unpaired) electrons. The van der Waals surface area contributed by atoms with Gasteiger partial charge in [-0.1, -0.05) is 19.1 Å². The molecule has 1 aliphatic rings. The average molecular weight is 401 g/mol. The number of amides is 2. The number of hydrazone groups is 1. The van der Waals surface area contributed by atoms with E-state index >= 15 is 0 Å². The predicted octanol–water partition coefficient (Wildman–Crippen LogP) is 2.98. The summed E-state index contributed by atoms with van der Waals surface area (Å²) in [6, 6.07) is 9.10. The quantitative estimate of drug-likeness (QED) is 0.682. The Morgan fingerprint density at radius 3 is 2.69 bits per heavy atom. The fraction of sp³-hybridized carbons (Fsp3) is 0.381. The van der Waals surface area contributed by atoms with Crippen molar-refractivity contribution in [1.29, 1.82) is 0 Å². The number of hydrogen-bond acceptors (Lipinski definition) is 5. The summed E-state index contributed by atoms with van der Waals surface area (Å²) < 4.78 is 23.8. The van der Waals surface area contributed by atoms with Gasteiger partial charge >= 0.3 is 0 Å². The minimum absolute atomic E-state index is 0.104. The number of furan rings is 1. The second kappa shape index (κ2) is 9.47. The molecule has 1 atom stereocenters. The smallest absolute Gasteiger partial charge is 0.262 e. The Hall–Kier alpha value is -3.00. The van der Waals surface area contributed by atoms with E-state index in [0.717, 1.165) is 5.56 Å². The molecule has 0 aliphatic carbocycles. The highest BCUT2D eigenvalue weighted by atomic mass is 19.1. The lowest BCUT2D eigenvalue weighted by Gasteiger charge is -2.25. The molecule has 3 rings (SSSR count). The molecule has 1 aromatic heterocycles. The van der Waals surface area contributed by atoms with E-state index in [-0.39, 0.29) is 24.2 Å². The highest BCUT2D eigenvalue weighted by Gasteiger charge is 2.35. The van der Waals surface area contributed by atoms with E-state index in [0.29, 0.717) is 37.5 Å². The maximum absolute atomic E-state index is 13.3. The molecule has 154 valence electrons. The fourth-order valence-corrected chi connectivity index (χ4v) is 3.21. The number of methoxy groups -OCH3 is 1. The van der Waals surface area contributed by atoms with Crippen molar-refractivity contribution in [1.82, 2.24) is 9.91 Å². The summed E-state index contributed by atoms with van der Waals surface area (Å²) in [6.07, 6.45) is 2.27. The fourth-order valence-electron chi connectivity index (χ4n) is 3.21. The number of ether oxygens (including phenoxy) is 1. The molecule has 8 heteroatoms. The lowest BCUT2D eigenvalue weighted by atomic mass is 10.0. The van der Waals surface area contributed by atoms with E-state index in [4.69, 9.17) is 9.15 Å². The van der Waals surface area contributed by atoms with Gasteiger partial charge in [-0.3, -0.25) is 9.59 Å². The molecule has 1 aromatic carbocycles. The summed E-state index contributed by atoms with van der Waals surface area (Å²) in [5, 5.41) is 5.85. The van der Waals surface area contributed by atoms with E-state index in [1.807, 2.05) is 0 Å². The Labute approximate surface area is 168 Å². The van der Waals surface area contributed by atoms with E-state index in [1.165, 1.54) is 22.0 Å². The molecule has 0 saturated carbocycles. The minimum Gasteiger partial charge on any atom is -0.467 e. The second-order valence-corrected chi connectivity index (χ2v) is 6.69. The van der Waals surface area contributed by atoms with Crippen LogP contribution in [0.2, 0.25) is 0 Å². The first-order valence-electron chi connectivity index (χ1n) is 9.49. The van der Waals surface area contributed by atoms with Gasteiger partial charge in [-0.05, 0) is 29.8 Å². The van der Waals surface area contributed by atoms with Gasteiger partial charge in [0.1, 0.15) is 24.2 Å². The summed E-state index contributed by atoms with van der Waals surface area (Å²) >= 11 is 0. The van der Waals surface area contributed by atoms with Crippen LogP contribution in [-0.4, -0.2) is 54.2 Å². The van der Waals surface area contributed by atoms with Crippen molar-refractivity contribution in [3.63, 3.8) is 0 Å². The van der Waals surface area contributed by atoms with Crippen molar-refractivity contribution in [2.45, 2.75) is 25.8 Å². The molecule has 2 amide bonds. The van der Waals surface area contributed by atoms with Gasteiger partial charge < -0.3 is 14.1 Å². The Morgan fingerprint density at radius 2 is 2.07 bits per heavy atom. The Morgan fingerprint density at radius 1 is 1.31 bits per heavy atom. The Bertz CT molecular complexity index is 865. The lowest BCUT2D eigenvalue weighted by molar-refractivity contribution is -0.142. The molecule has 0 spiro atoms. The third-order valence-electron chi connectivity index (χ3n) is 4.76. The number of carbonyl (C=O) groups excluding carboxylic acids is 2. The maximum atomic E-state index is 13.3.